The molecule has 0 unspecified atom stereocenters. The molecule has 128 valence electrons. The number of carbonyl (C=O) groups excluding carboxylic acids is 3. The van der Waals surface area contributed by atoms with Gasteiger partial charge >= 0.3 is 5.97 Å². The first kappa shape index (κ1) is 17.7. The lowest BCUT2D eigenvalue weighted by atomic mass is 9.94. The van der Waals surface area contributed by atoms with Gasteiger partial charge in [-0.3, -0.25) is 14.4 Å². The Morgan fingerprint density at radius 3 is 2.67 bits per heavy atom. The molecule has 2 atom stereocenters. The minimum atomic E-state index is -0.863. The second kappa shape index (κ2) is 7.77. The van der Waals surface area contributed by atoms with Crippen molar-refractivity contribution in [3.8, 4) is 0 Å². The molecule has 1 aliphatic rings. The zero-order valence-electron chi connectivity index (χ0n) is 14.1. The Labute approximate surface area is 141 Å². The zero-order valence-corrected chi connectivity index (χ0v) is 14.1. The molecular formula is C18H22N2O4. The van der Waals surface area contributed by atoms with Crippen LogP contribution in [0.3, 0.4) is 0 Å². The van der Waals surface area contributed by atoms with Crippen molar-refractivity contribution < 1.29 is 19.1 Å². The van der Waals surface area contributed by atoms with Crippen LogP contribution in [0.25, 0.3) is 6.08 Å². The summed E-state index contributed by atoms with van der Waals surface area (Å²) in [5.41, 5.74) is 1.85. The van der Waals surface area contributed by atoms with Gasteiger partial charge in [-0.05, 0) is 31.1 Å². The van der Waals surface area contributed by atoms with Gasteiger partial charge in [0.1, 0.15) is 0 Å². The Morgan fingerprint density at radius 2 is 2.00 bits per heavy atom. The molecule has 2 amide bonds. The lowest BCUT2D eigenvalue weighted by molar-refractivity contribution is -0.156. The summed E-state index contributed by atoms with van der Waals surface area (Å²) in [7, 11) is 0. The third-order valence-electron chi connectivity index (χ3n) is 3.86. The average Bonchev–Trinajstić information content (AvgIpc) is 2.54. The van der Waals surface area contributed by atoms with Crippen LogP contribution in [0.1, 0.15) is 44.4 Å². The number of benzene rings is 1. The summed E-state index contributed by atoms with van der Waals surface area (Å²) < 4.78 is 5.20. The molecule has 1 aliphatic heterocycles. The van der Waals surface area contributed by atoms with Gasteiger partial charge in [-0.2, -0.15) is 0 Å². The predicted molar refractivity (Wildman–Crippen MR) is 89.6 cm³/mol. The molecule has 1 N–H and O–H groups in total. The highest BCUT2D eigenvalue weighted by Crippen LogP contribution is 2.33. The second-order valence-corrected chi connectivity index (χ2v) is 5.62. The summed E-state index contributed by atoms with van der Waals surface area (Å²) in [4.78, 5) is 37.3. The highest BCUT2D eigenvalue weighted by molar-refractivity contribution is 5.84. The molecule has 0 spiro atoms. The third kappa shape index (κ3) is 4.01. The maximum atomic E-state index is 12.2. The van der Waals surface area contributed by atoms with E-state index in [1.54, 1.807) is 13.1 Å². The topological polar surface area (TPSA) is 75.7 Å². The van der Waals surface area contributed by atoms with Gasteiger partial charge in [0.2, 0.25) is 5.91 Å². The number of carbonyl (C=O) groups is 3. The normalized spacial score (nSPS) is 17.0. The molecule has 0 radical (unpaired) electrons. The molecule has 0 aromatic heterocycles. The SMILES string of the molecule is CCNC(=O)[C@H](C)OC(=O)C[C@@H]1c2ccccc2C=CN1C(C)=O. The van der Waals surface area contributed by atoms with Gasteiger partial charge in [-0.1, -0.05) is 24.3 Å². The van der Waals surface area contributed by atoms with E-state index in [-0.39, 0.29) is 18.2 Å². The van der Waals surface area contributed by atoms with Crippen LogP contribution in [-0.2, 0) is 19.1 Å². The van der Waals surface area contributed by atoms with Crippen molar-refractivity contribution in [2.75, 3.05) is 6.54 Å². The van der Waals surface area contributed by atoms with Crippen LogP contribution in [-0.4, -0.2) is 35.3 Å². The van der Waals surface area contributed by atoms with Crippen LogP contribution >= 0.6 is 0 Å². The van der Waals surface area contributed by atoms with Crippen molar-refractivity contribution in [3.05, 3.63) is 41.6 Å². The van der Waals surface area contributed by atoms with Crippen LogP contribution in [0.2, 0.25) is 0 Å². The van der Waals surface area contributed by atoms with E-state index in [0.717, 1.165) is 11.1 Å². The smallest absolute Gasteiger partial charge is 0.309 e. The molecule has 1 aromatic rings. The number of likely N-dealkylation sites (N-methyl/N-ethyl adjacent to an activating group) is 1. The van der Waals surface area contributed by atoms with Crippen LogP contribution in [0, 0.1) is 0 Å². The number of amides is 2. The largest absolute Gasteiger partial charge is 0.452 e. The van der Waals surface area contributed by atoms with Crippen LogP contribution in [0.5, 0.6) is 0 Å². The number of rotatable bonds is 5. The number of hydrogen-bond acceptors (Lipinski definition) is 4. The van der Waals surface area contributed by atoms with E-state index in [4.69, 9.17) is 4.74 Å². The van der Waals surface area contributed by atoms with Crippen LogP contribution in [0.15, 0.2) is 30.5 Å². The molecule has 6 nitrogen and oxygen atoms in total. The Hall–Kier alpha value is -2.63. The van der Waals surface area contributed by atoms with Gasteiger partial charge in [0.05, 0.1) is 12.5 Å². The van der Waals surface area contributed by atoms with E-state index >= 15 is 0 Å². The van der Waals surface area contributed by atoms with Crippen molar-refractivity contribution >= 4 is 23.9 Å². The molecule has 0 saturated heterocycles. The molecular weight excluding hydrogens is 308 g/mol. The first-order chi connectivity index (χ1) is 11.4. The molecule has 0 bridgehead atoms. The third-order valence-corrected chi connectivity index (χ3v) is 3.86. The lowest BCUT2D eigenvalue weighted by Gasteiger charge is -2.32. The van der Waals surface area contributed by atoms with Crippen molar-refractivity contribution in [1.29, 1.82) is 0 Å². The van der Waals surface area contributed by atoms with E-state index in [0.29, 0.717) is 6.54 Å². The molecule has 0 fully saturated rings. The number of nitrogens with zero attached hydrogens (tertiary/aromatic N) is 1. The number of hydrogen-bond donors (Lipinski definition) is 1. The van der Waals surface area contributed by atoms with Crippen molar-refractivity contribution in [1.82, 2.24) is 10.2 Å². The van der Waals surface area contributed by atoms with Gasteiger partial charge in [-0.25, -0.2) is 0 Å². The van der Waals surface area contributed by atoms with Gasteiger partial charge in [0.15, 0.2) is 6.10 Å². The number of nitrogens with one attached hydrogen (secondary N) is 1. The highest BCUT2D eigenvalue weighted by Gasteiger charge is 2.29. The quantitative estimate of drug-likeness (QED) is 0.838. The van der Waals surface area contributed by atoms with E-state index in [2.05, 4.69) is 5.32 Å². The van der Waals surface area contributed by atoms with E-state index in [1.165, 1.54) is 18.7 Å². The van der Waals surface area contributed by atoms with E-state index in [1.807, 2.05) is 30.3 Å². The van der Waals surface area contributed by atoms with Crippen molar-refractivity contribution in [2.45, 2.75) is 39.3 Å². The first-order valence-corrected chi connectivity index (χ1v) is 7.97. The molecule has 0 saturated carbocycles. The Bertz CT molecular complexity index is 669. The minimum Gasteiger partial charge on any atom is -0.452 e. The van der Waals surface area contributed by atoms with E-state index < -0.39 is 18.1 Å². The minimum absolute atomic E-state index is 0.00925. The molecule has 0 aliphatic carbocycles. The Morgan fingerprint density at radius 1 is 1.29 bits per heavy atom. The van der Waals surface area contributed by atoms with Gasteiger partial charge in [-0.15, -0.1) is 0 Å². The zero-order chi connectivity index (χ0) is 17.7. The fourth-order valence-electron chi connectivity index (χ4n) is 2.69. The molecule has 24 heavy (non-hydrogen) atoms. The summed E-state index contributed by atoms with van der Waals surface area (Å²) in [5.74, 6) is -1.01. The van der Waals surface area contributed by atoms with Crippen molar-refractivity contribution in [3.63, 3.8) is 0 Å². The van der Waals surface area contributed by atoms with Crippen LogP contribution < -0.4 is 5.32 Å². The maximum Gasteiger partial charge on any atom is 0.309 e. The monoisotopic (exact) mass is 330 g/mol. The molecule has 2 rings (SSSR count). The molecule has 1 heterocycles. The standard InChI is InChI=1S/C18H22N2O4/c1-4-19-18(23)12(2)24-17(22)11-16-15-8-6-5-7-14(15)9-10-20(16)13(3)21/h5-10,12,16H,4,11H2,1-3H3,(H,19,23)/t12-,16+/m0/s1. The first-order valence-electron chi connectivity index (χ1n) is 7.97. The van der Waals surface area contributed by atoms with Gasteiger partial charge < -0.3 is 15.0 Å². The average molecular weight is 330 g/mol. The summed E-state index contributed by atoms with van der Waals surface area (Å²) in [6.07, 6.45) is 2.65. The maximum absolute atomic E-state index is 12.2. The van der Waals surface area contributed by atoms with Gasteiger partial charge in [0, 0.05) is 19.7 Å². The lowest BCUT2D eigenvalue weighted by Crippen LogP contribution is -2.37. The summed E-state index contributed by atoms with van der Waals surface area (Å²) in [5, 5.41) is 2.61. The second-order valence-electron chi connectivity index (χ2n) is 5.62. The van der Waals surface area contributed by atoms with Crippen LogP contribution in [0.4, 0.5) is 0 Å². The summed E-state index contributed by atoms with van der Waals surface area (Å²) >= 11 is 0. The highest BCUT2D eigenvalue weighted by atomic mass is 16.5. The van der Waals surface area contributed by atoms with Gasteiger partial charge in [0.25, 0.3) is 5.91 Å². The van der Waals surface area contributed by atoms with E-state index in [9.17, 15) is 14.4 Å². The van der Waals surface area contributed by atoms with Crippen molar-refractivity contribution in [2.24, 2.45) is 0 Å². The Kier molecular flexibility index (Phi) is 5.73. The molecule has 6 heteroatoms. The number of fused-ring (bicyclic) bond motifs is 1. The predicted octanol–water partition coefficient (Wildman–Crippen LogP) is 2.02. The fraction of sp³-hybridized carbons (Fsp3) is 0.389. The number of esters is 1. The number of ether oxygens (including phenoxy) is 1. The Balaban J connectivity index is 2.13. The fourth-order valence-corrected chi connectivity index (χ4v) is 2.69. The summed E-state index contributed by atoms with van der Waals surface area (Å²) in [6.45, 7) is 5.25. The summed E-state index contributed by atoms with van der Waals surface area (Å²) in [6, 6.07) is 7.15. The molecule has 1 aromatic carbocycles.